The number of likely N-dealkylation sites (tertiary alicyclic amines) is 1. The third kappa shape index (κ3) is 3.69. The van der Waals surface area contributed by atoms with Crippen molar-refractivity contribution in [3.63, 3.8) is 0 Å². The second-order valence-corrected chi connectivity index (χ2v) is 6.29. The molecule has 6 heteroatoms. The molecule has 1 aromatic heterocycles. The van der Waals surface area contributed by atoms with Crippen molar-refractivity contribution in [1.82, 2.24) is 19.7 Å². The van der Waals surface area contributed by atoms with E-state index in [0.717, 1.165) is 32.7 Å². The van der Waals surface area contributed by atoms with Crippen LogP contribution in [-0.4, -0.2) is 70.8 Å². The van der Waals surface area contributed by atoms with Gasteiger partial charge in [-0.1, -0.05) is 0 Å². The van der Waals surface area contributed by atoms with Gasteiger partial charge in [0.2, 0.25) is 11.8 Å². The molecule has 0 aliphatic carbocycles. The van der Waals surface area contributed by atoms with Gasteiger partial charge in [0.05, 0.1) is 5.92 Å². The molecule has 0 radical (unpaired) electrons. The number of hydrogen-bond acceptors (Lipinski definition) is 4. The normalized spacial score (nSPS) is 22.7. The van der Waals surface area contributed by atoms with E-state index in [9.17, 15) is 9.59 Å². The zero-order chi connectivity index (χ0) is 16.2. The van der Waals surface area contributed by atoms with E-state index in [1.807, 2.05) is 36.4 Å². The summed E-state index contributed by atoms with van der Waals surface area (Å²) in [6, 6.07) is 4.06. The van der Waals surface area contributed by atoms with Gasteiger partial charge in [0.1, 0.15) is 0 Å². The van der Waals surface area contributed by atoms with Crippen molar-refractivity contribution in [3.05, 3.63) is 30.1 Å². The van der Waals surface area contributed by atoms with Crippen LogP contribution in [0.25, 0.3) is 0 Å². The molecule has 1 aromatic rings. The summed E-state index contributed by atoms with van der Waals surface area (Å²) in [5.74, 6) is 0.120. The van der Waals surface area contributed by atoms with Gasteiger partial charge >= 0.3 is 0 Å². The number of pyridine rings is 1. The minimum Gasteiger partial charge on any atom is -0.342 e. The van der Waals surface area contributed by atoms with E-state index in [4.69, 9.17) is 0 Å². The Balaban J connectivity index is 1.49. The lowest BCUT2D eigenvalue weighted by Crippen LogP contribution is -2.50. The predicted molar refractivity (Wildman–Crippen MR) is 86.5 cm³/mol. The molecule has 2 amide bonds. The fourth-order valence-corrected chi connectivity index (χ4v) is 3.37. The fourth-order valence-electron chi connectivity index (χ4n) is 3.37. The number of hydrogen-bond donors (Lipinski definition) is 0. The van der Waals surface area contributed by atoms with Gasteiger partial charge < -0.3 is 9.80 Å². The van der Waals surface area contributed by atoms with E-state index in [2.05, 4.69) is 9.88 Å². The van der Waals surface area contributed by atoms with Crippen molar-refractivity contribution in [2.45, 2.75) is 19.9 Å². The zero-order valence-corrected chi connectivity index (χ0v) is 13.6. The summed E-state index contributed by atoms with van der Waals surface area (Å²) in [6.07, 6.45) is 4.00. The maximum absolute atomic E-state index is 12.6. The Morgan fingerprint density at radius 1 is 1.22 bits per heavy atom. The molecule has 2 aliphatic rings. The summed E-state index contributed by atoms with van der Waals surface area (Å²) in [6.45, 7) is 7.41. The van der Waals surface area contributed by atoms with Crippen LogP contribution in [0.2, 0.25) is 0 Å². The summed E-state index contributed by atoms with van der Waals surface area (Å²) < 4.78 is 0. The van der Waals surface area contributed by atoms with Gasteiger partial charge in [-0.3, -0.25) is 19.5 Å². The Labute approximate surface area is 137 Å². The Morgan fingerprint density at radius 3 is 2.52 bits per heavy atom. The number of carbonyl (C=O) groups is 2. The van der Waals surface area contributed by atoms with E-state index in [0.29, 0.717) is 19.5 Å². The molecular formula is C17H24N4O2. The van der Waals surface area contributed by atoms with Crippen molar-refractivity contribution >= 4 is 11.8 Å². The molecule has 0 bridgehead atoms. The van der Waals surface area contributed by atoms with Crippen molar-refractivity contribution in [2.24, 2.45) is 5.92 Å². The smallest absolute Gasteiger partial charge is 0.228 e. The van der Waals surface area contributed by atoms with E-state index in [1.54, 1.807) is 4.90 Å². The third-order valence-electron chi connectivity index (χ3n) is 4.78. The van der Waals surface area contributed by atoms with E-state index < -0.39 is 0 Å². The average Bonchev–Trinajstić information content (AvgIpc) is 2.97. The predicted octanol–water partition coefficient (Wildman–Crippen LogP) is 0.594. The molecular weight excluding hydrogens is 292 g/mol. The highest BCUT2D eigenvalue weighted by molar-refractivity contribution is 5.89. The molecule has 1 atom stereocenters. The molecule has 0 aromatic carbocycles. The largest absolute Gasteiger partial charge is 0.342 e. The first-order chi connectivity index (χ1) is 11.2. The van der Waals surface area contributed by atoms with Crippen LogP contribution in [-0.2, 0) is 16.1 Å². The first kappa shape index (κ1) is 15.9. The molecule has 6 nitrogen and oxygen atoms in total. The van der Waals surface area contributed by atoms with E-state index in [1.165, 1.54) is 5.56 Å². The number of nitrogens with zero attached hydrogens (tertiary/aromatic N) is 4. The molecule has 23 heavy (non-hydrogen) atoms. The maximum Gasteiger partial charge on any atom is 0.228 e. The number of aromatic nitrogens is 1. The minimum absolute atomic E-state index is 0.113. The summed E-state index contributed by atoms with van der Waals surface area (Å²) in [7, 11) is 0. The van der Waals surface area contributed by atoms with Crippen molar-refractivity contribution in [1.29, 1.82) is 0 Å². The van der Waals surface area contributed by atoms with Crippen molar-refractivity contribution in [3.8, 4) is 0 Å². The molecule has 2 aliphatic heterocycles. The SMILES string of the molecule is CCN1C[C@H](C(=O)N2CCN(Cc3ccncc3)CC2)CC1=O. The van der Waals surface area contributed by atoms with Gasteiger partial charge in [0.25, 0.3) is 0 Å². The molecule has 2 fully saturated rings. The van der Waals surface area contributed by atoms with Gasteiger partial charge in [0.15, 0.2) is 0 Å². The highest BCUT2D eigenvalue weighted by Crippen LogP contribution is 2.20. The standard InChI is InChI=1S/C17H24N4O2/c1-2-20-13-15(11-16(20)22)17(23)21-9-7-19(8-10-21)12-14-3-5-18-6-4-14/h3-6,15H,2,7-13H2,1H3/t15-/m1/s1. The van der Waals surface area contributed by atoms with Crippen molar-refractivity contribution < 1.29 is 9.59 Å². The molecule has 0 unspecified atom stereocenters. The van der Waals surface area contributed by atoms with Crippen LogP contribution < -0.4 is 0 Å². The quantitative estimate of drug-likeness (QED) is 0.816. The topological polar surface area (TPSA) is 56.8 Å². The average molecular weight is 316 g/mol. The monoisotopic (exact) mass is 316 g/mol. The summed E-state index contributed by atoms with van der Waals surface area (Å²) >= 11 is 0. The summed E-state index contributed by atoms with van der Waals surface area (Å²) in [5, 5.41) is 0. The minimum atomic E-state index is -0.144. The second-order valence-electron chi connectivity index (χ2n) is 6.29. The molecule has 3 rings (SSSR count). The fraction of sp³-hybridized carbons (Fsp3) is 0.588. The van der Waals surface area contributed by atoms with Crippen LogP contribution in [0.4, 0.5) is 0 Å². The number of amides is 2. The zero-order valence-electron chi connectivity index (χ0n) is 13.6. The number of carbonyl (C=O) groups excluding carboxylic acids is 2. The van der Waals surface area contributed by atoms with Crippen LogP contribution in [0.3, 0.4) is 0 Å². The van der Waals surface area contributed by atoms with Gasteiger partial charge in [-0.15, -0.1) is 0 Å². The van der Waals surface area contributed by atoms with Crippen LogP contribution in [0.15, 0.2) is 24.5 Å². The Hall–Kier alpha value is -1.95. The molecule has 0 spiro atoms. The third-order valence-corrected chi connectivity index (χ3v) is 4.78. The molecule has 0 N–H and O–H groups in total. The second kappa shape index (κ2) is 7.08. The van der Waals surface area contributed by atoms with E-state index in [-0.39, 0.29) is 17.7 Å². The first-order valence-corrected chi connectivity index (χ1v) is 8.35. The highest BCUT2D eigenvalue weighted by Gasteiger charge is 2.36. The van der Waals surface area contributed by atoms with Crippen LogP contribution >= 0.6 is 0 Å². The van der Waals surface area contributed by atoms with Gasteiger partial charge in [0, 0.05) is 64.6 Å². The molecule has 0 saturated carbocycles. The number of piperazine rings is 1. The molecule has 124 valence electrons. The molecule has 2 saturated heterocycles. The Kier molecular flexibility index (Phi) is 4.91. The summed E-state index contributed by atoms with van der Waals surface area (Å²) in [5.41, 5.74) is 1.25. The van der Waals surface area contributed by atoms with Gasteiger partial charge in [-0.2, -0.15) is 0 Å². The number of rotatable bonds is 4. The van der Waals surface area contributed by atoms with Crippen LogP contribution in [0.1, 0.15) is 18.9 Å². The van der Waals surface area contributed by atoms with Gasteiger partial charge in [-0.25, -0.2) is 0 Å². The van der Waals surface area contributed by atoms with Crippen molar-refractivity contribution in [2.75, 3.05) is 39.3 Å². The lowest BCUT2D eigenvalue weighted by molar-refractivity contribution is -0.137. The lowest BCUT2D eigenvalue weighted by atomic mass is 10.1. The first-order valence-electron chi connectivity index (χ1n) is 8.35. The van der Waals surface area contributed by atoms with Gasteiger partial charge in [-0.05, 0) is 24.6 Å². The molecule has 3 heterocycles. The Morgan fingerprint density at radius 2 is 1.91 bits per heavy atom. The lowest BCUT2D eigenvalue weighted by Gasteiger charge is -2.35. The Bertz CT molecular complexity index is 555. The summed E-state index contributed by atoms with van der Waals surface area (Å²) in [4.78, 5) is 34.5. The van der Waals surface area contributed by atoms with E-state index >= 15 is 0 Å². The highest BCUT2D eigenvalue weighted by atomic mass is 16.2. The maximum atomic E-state index is 12.6. The van der Waals surface area contributed by atoms with Crippen LogP contribution in [0.5, 0.6) is 0 Å². The van der Waals surface area contributed by atoms with Crippen LogP contribution in [0, 0.1) is 5.92 Å².